The van der Waals surface area contributed by atoms with Crippen molar-refractivity contribution < 1.29 is 0 Å². The summed E-state index contributed by atoms with van der Waals surface area (Å²) in [4.78, 5) is 2.46. The minimum Gasteiger partial charge on any atom is -0.306 e. The van der Waals surface area contributed by atoms with Gasteiger partial charge in [0.15, 0.2) is 0 Å². The average Bonchev–Trinajstić information content (AvgIpc) is 2.09. The molecule has 1 heterocycles. The molecule has 1 fully saturated rings. The van der Waals surface area contributed by atoms with E-state index in [-0.39, 0.29) is 0 Å². The van der Waals surface area contributed by atoms with Gasteiger partial charge in [0.05, 0.1) is 0 Å². The van der Waals surface area contributed by atoms with Crippen molar-refractivity contribution in [3.63, 3.8) is 0 Å². The Morgan fingerprint density at radius 3 is 2.46 bits per heavy atom. The lowest BCUT2D eigenvalue weighted by Gasteiger charge is -2.30. The van der Waals surface area contributed by atoms with Gasteiger partial charge in [0.25, 0.3) is 0 Å². The minimum absolute atomic E-state index is 0.957. The summed E-state index contributed by atoms with van der Waals surface area (Å²) in [5, 5.41) is 0. The van der Waals surface area contributed by atoms with Crippen LogP contribution in [-0.4, -0.2) is 25.0 Å². The summed E-state index contributed by atoms with van der Waals surface area (Å²) in [6.45, 7) is 7.36. The Kier molecular flexibility index (Phi) is 4.79. The highest BCUT2D eigenvalue weighted by atomic mass is 15.1. The van der Waals surface area contributed by atoms with Gasteiger partial charge in [-0.3, -0.25) is 0 Å². The fraction of sp³-hybridized carbons (Fsp3) is 1.00. The van der Waals surface area contributed by atoms with Crippen LogP contribution in [0.3, 0.4) is 0 Å². The Hall–Kier alpha value is -0.0400. The van der Waals surface area contributed by atoms with Gasteiger partial charge in [-0.25, -0.2) is 0 Å². The molecule has 0 radical (unpaired) electrons. The third-order valence-electron chi connectivity index (χ3n) is 3.36. The molecule has 0 saturated carbocycles. The molecule has 0 bridgehead atoms. The second-order valence-corrected chi connectivity index (χ2v) is 4.88. The van der Waals surface area contributed by atoms with Gasteiger partial charge >= 0.3 is 0 Å². The quantitative estimate of drug-likeness (QED) is 0.647. The molecule has 0 aromatic rings. The highest BCUT2D eigenvalue weighted by Gasteiger charge is 2.18. The molecule has 0 aromatic carbocycles. The maximum atomic E-state index is 2.46. The number of piperidine rings is 1. The van der Waals surface area contributed by atoms with Crippen molar-refractivity contribution in [1.82, 2.24) is 4.90 Å². The molecule has 13 heavy (non-hydrogen) atoms. The molecule has 1 unspecified atom stereocenters. The molecular formula is C12H25N. The van der Waals surface area contributed by atoms with Crippen LogP contribution in [0.15, 0.2) is 0 Å². The van der Waals surface area contributed by atoms with Crippen molar-refractivity contribution >= 4 is 0 Å². The molecule has 1 saturated heterocycles. The van der Waals surface area contributed by atoms with Crippen LogP contribution >= 0.6 is 0 Å². The lowest BCUT2D eigenvalue weighted by Crippen LogP contribution is -2.30. The molecule has 0 N–H and O–H groups in total. The van der Waals surface area contributed by atoms with Crippen LogP contribution in [0.5, 0.6) is 0 Å². The largest absolute Gasteiger partial charge is 0.306 e. The summed E-state index contributed by atoms with van der Waals surface area (Å²) in [5.41, 5.74) is 0. The zero-order valence-corrected chi connectivity index (χ0v) is 9.55. The molecule has 0 aliphatic carbocycles. The van der Waals surface area contributed by atoms with Crippen LogP contribution in [0, 0.1) is 11.8 Å². The maximum Gasteiger partial charge on any atom is -0.00191 e. The van der Waals surface area contributed by atoms with E-state index >= 15 is 0 Å². The Morgan fingerprint density at radius 1 is 1.31 bits per heavy atom. The lowest BCUT2D eigenvalue weighted by molar-refractivity contribution is 0.196. The number of hydrogen-bond acceptors (Lipinski definition) is 1. The van der Waals surface area contributed by atoms with Crippen LogP contribution in [0.2, 0.25) is 0 Å². The first kappa shape index (κ1) is 11.0. The topological polar surface area (TPSA) is 3.24 Å². The molecule has 0 amide bonds. The molecule has 0 aromatic heterocycles. The molecule has 1 heteroatoms. The molecule has 1 nitrogen and oxygen atoms in total. The second-order valence-electron chi connectivity index (χ2n) is 4.88. The molecule has 78 valence electrons. The van der Waals surface area contributed by atoms with Gasteiger partial charge in [-0.05, 0) is 51.2 Å². The molecule has 0 spiro atoms. The van der Waals surface area contributed by atoms with Crippen molar-refractivity contribution in [3.8, 4) is 0 Å². The fourth-order valence-corrected chi connectivity index (χ4v) is 2.48. The van der Waals surface area contributed by atoms with Gasteiger partial charge in [-0.1, -0.05) is 26.7 Å². The highest BCUT2D eigenvalue weighted by molar-refractivity contribution is 4.71. The van der Waals surface area contributed by atoms with Crippen LogP contribution in [0.1, 0.15) is 46.0 Å². The number of nitrogens with zero attached hydrogens (tertiary/aromatic N) is 1. The molecule has 1 rings (SSSR count). The van der Waals surface area contributed by atoms with Crippen LogP contribution in [0.4, 0.5) is 0 Å². The van der Waals surface area contributed by atoms with Crippen LogP contribution < -0.4 is 0 Å². The molecule has 1 aliphatic heterocycles. The van der Waals surface area contributed by atoms with E-state index in [1.807, 2.05) is 0 Å². The first-order valence-corrected chi connectivity index (χ1v) is 5.91. The zero-order chi connectivity index (χ0) is 9.68. The summed E-state index contributed by atoms with van der Waals surface area (Å²) in [5.74, 6) is 1.98. The summed E-state index contributed by atoms with van der Waals surface area (Å²) in [6.07, 6.45) is 7.12. The van der Waals surface area contributed by atoms with E-state index in [9.17, 15) is 0 Å². The summed E-state index contributed by atoms with van der Waals surface area (Å²) in [6, 6.07) is 0. The van der Waals surface area contributed by atoms with E-state index in [1.165, 1.54) is 45.2 Å². The van der Waals surface area contributed by atoms with Crippen molar-refractivity contribution in [3.05, 3.63) is 0 Å². The van der Waals surface area contributed by atoms with Gasteiger partial charge in [0, 0.05) is 0 Å². The average molecular weight is 183 g/mol. The van der Waals surface area contributed by atoms with E-state index in [0.29, 0.717) is 0 Å². The van der Waals surface area contributed by atoms with Crippen molar-refractivity contribution in [2.45, 2.75) is 46.0 Å². The first-order chi connectivity index (χ1) is 6.22. The number of hydrogen-bond donors (Lipinski definition) is 0. The summed E-state index contributed by atoms with van der Waals surface area (Å²) >= 11 is 0. The summed E-state index contributed by atoms with van der Waals surface area (Å²) in [7, 11) is 2.24. The predicted molar refractivity (Wildman–Crippen MR) is 58.9 cm³/mol. The van der Waals surface area contributed by atoms with Gasteiger partial charge in [0.2, 0.25) is 0 Å². The van der Waals surface area contributed by atoms with E-state index < -0.39 is 0 Å². The second kappa shape index (κ2) is 5.64. The van der Waals surface area contributed by atoms with Gasteiger partial charge in [-0.15, -0.1) is 0 Å². The van der Waals surface area contributed by atoms with E-state index in [1.54, 1.807) is 0 Å². The van der Waals surface area contributed by atoms with Gasteiger partial charge < -0.3 is 4.90 Å². The zero-order valence-electron chi connectivity index (χ0n) is 9.55. The normalized spacial score (nSPS) is 23.3. The maximum absolute atomic E-state index is 2.46. The van der Waals surface area contributed by atoms with Gasteiger partial charge in [-0.2, -0.15) is 0 Å². The van der Waals surface area contributed by atoms with Gasteiger partial charge in [0.1, 0.15) is 0 Å². The number of likely N-dealkylation sites (tertiary alicyclic amines) is 1. The SMILES string of the molecule is CCCC(C)CC1CCN(C)CC1. The summed E-state index contributed by atoms with van der Waals surface area (Å²) < 4.78 is 0. The smallest absolute Gasteiger partial charge is 0.00191 e. The van der Waals surface area contributed by atoms with Crippen molar-refractivity contribution in [2.24, 2.45) is 11.8 Å². The van der Waals surface area contributed by atoms with Crippen molar-refractivity contribution in [1.29, 1.82) is 0 Å². The third-order valence-corrected chi connectivity index (χ3v) is 3.36. The standard InChI is InChI=1S/C12H25N/c1-4-5-11(2)10-12-6-8-13(3)9-7-12/h11-12H,4-10H2,1-3H3. The Bertz CT molecular complexity index is 125. The van der Waals surface area contributed by atoms with E-state index in [4.69, 9.17) is 0 Å². The first-order valence-electron chi connectivity index (χ1n) is 5.91. The molecular weight excluding hydrogens is 158 g/mol. The Labute approximate surface area is 83.5 Å². The Morgan fingerprint density at radius 2 is 1.92 bits per heavy atom. The fourth-order valence-electron chi connectivity index (χ4n) is 2.48. The molecule has 1 atom stereocenters. The minimum atomic E-state index is 0.957. The monoisotopic (exact) mass is 183 g/mol. The Balaban J connectivity index is 2.14. The van der Waals surface area contributed by atoms with E-state index in [2.05, 4.69) is 25.8 Å². The number of rotatable bonds is 4. The lowest BCUT2D eigenvalue weighted by atomic mass is 9.86. The van der Waals surface area contributed by atoms with Crippen LogP contribution in [0.25, 0.3) is 0 Å². The highest BCUT2D eigenvalue weighted by Crippen LogP contribution is 2.25. The third kappa shape index (κ3) is 4.12. The van der Waals surface area contributed by atoms with Crippen LogP contribution in [-0.2, 0) is 0 Å². The predicted octanol–water partition coefficient (Wildman–Crippen LogP) is 3.15. The molecule has 1 aliphatic rings. The van der Waals surface area contributed by atoms with Crippen molar-refractivity contribution in [2.75, 3.05) is 20.1 Å². The van der Waals surface area contributed by atoms with E-state index in [0.717, 1.165) is 11.8 Å².